The number of carbonyl (C=O) groups is 1. The number of benzene rings is 1. The van der Waals surface area contributed by atoms with E-state index < -0.39 is 0 Å². The molecule has 1 heterocycles. The molecule has 1 amide bonds. The number of rotatable bonds is 10. The van der Waals surface area contributed by atoms with Crippen molar-refractivity contribution in [3.8, 4) is 11.8 Å². The average Bonchev–Trinajstić information content (AvgIpc) is 2.66. The molecule has 9 heteroatoms. The fourth-order valence-electron chi connectivity index (χ4n) is 3.13. The number of aromatic nitrogens is 2. The second-order valence-electron chi connectivity index (χ2n) is 7.42. The van der Waals surface area contributed by atoms with Crippen LogP contribution in [0.25, 0.3) is 0 Å². The number of nitrogens with one attached hydrogen (secondary N) is 1. The van der Waals surface area contributed by atoms with Crippen molar-refractivity contribution in [1.82, 2.24) is 15.3 Å². The van der Waals surface area contributed by atoms with Gasteiger partial charge in [-0.1, -0.05) is 23.7 Å². The molecule has 1 fully saturated rings. The minimum absolute atomic E-state index is 0.0107. The van der Waals surface area contributed by atoms with Crippen LogP contribution in [0.1, 0.15) is 32.3 Å². The number of hydrogen-bond donors (Lipinski definition) is 1. The van der Waals surface area contributed by atoms with E-state index in [-0.39, 0.29) is 47.3 Å². The molecule has 3 rings (SSSR count). The smallest absolute Gasteiger partial charge is 0.240 e. The molecule has 1 N–H and O–H groups in total. The number of amides is 1. The van der Waals surface area contributed by atoms with Crippen LogP contribution in [-0.2, 0) is 16.1 Å². The number of halogens is 2. The van der Waals surface area contributed by atoms with Gasteiger partial charge in [0.15, 0.2) is 5.02 Å². The first-order valence-electron chi connectivity index (χ1n) is 9.80. The van der Waals surface area contributed by atoms with Crippen molar-refractivity contribution in [1.29, 1.82) is 0 Å². The van der Waals surface area contributed by atoms with E-state index in [0.717, 1.165) is 12.8 Å². The minimum atomic E-state index is -0.332. The molecule has 7 nitrogen and oxygen atoms in total. The van der Waals surface area contributed by atoms with E-state index >= 15 is 0 Å². The molecular weight excluding hydrogens is 413 g/mol. The first kappa shape index (κ1) is 22.2. The monoisotopic (exact) mass is 437 g/mol. The van der Waals surface area contributed by atoms with Gasteiger partial charge in [0.1, 0.15) is 18.8 Å². The van der Waals surface area contributed by atoms with E-state index in [0.29, 0.717) is 24.7 Å². The quantitative estimate of drug-likeness (QED) is 0.612. The third-order valence-corrected chi connectivity index (χ3v) is 4.99. The zero-order valence-electron chi connectivity index (χ0n) is 16.9. The highest BCUT2D eigenvalue weighted by Gasteiger charge is 2.31. The lowest BCUT2D eigenvalue weighted by molar-refractivity contribution is -0.120. The van der Waals surface area contributed by atoms with E-state index in [9.17, 15) is 9.18 Å². The number of carbonyl (C=O) groups excluding carboxylic acids is 1. The van der Waals surface area contributed by atoms with Crippen LogP contribution in [-0.4, -0.2) is 41.2 Å². The lowest BCUT2D eigenvalue weighted by atomic mass is 9.83. The summed E-state index contributed by atoms with van der Waals surface area (Å²) in [4.78, 5) is 19.1. The normalized spacial score (nSPS) is 18.9. The molecule has 1 aliphatic rings. The maximum Gasteiger partial charge on any atom is 0.240 e. The highest BCUT2D eigenvalue weighted by Crippen LogP contribution is 2.34. The highest BCUT2D eigenvalue weighted by molar-refractivity contribution is 6.33. The van der Waals surface area contributed by atoms with E-state index in [1.807, 2.05) is 6.92 Å². The third-order valence-electron chi connectivity index (χ3n) is 4.67. The van der Waals surface area contributed by atoms with Gasteiger partial charge in [-0.2, -0.15) is 0 Å². The zero-order valence-corrected chi connectivity index (χ0v) is 17.7. The molecule has 162 valence electrons. The molecule has 0 radical (unpaired) electrons. The number of nitrogens with zero attached hydrogens (tertiary/aromatic N) is 2. The summed E-state index contributed by atoms with van der Waals surface area (Å²) in [7, 11) is 0. The predicted octanol–water partition coefficient (Wildman–Crippen LogP) is 3.55. The molecule has 1 aromatic carbocycles. The lowest BCUT2D eigenvalue weighted by Gasteiger charge is -2.35. The maximum atomic E-state index is 13.3. The molecule has 1 aromatic heterocycles. The SMILES string of the molecule is CC(=O)N[C@@H](C)COC1CC(COc2ncnc(OCc3cccc(F)c3)c2Cl)C1. The van der Waals surface area contributed by atoms with Gasteiger partial charge in [0, 0.05) is 13.0 Å². The van der Waals surface area contributed by atoms with Crippen molar-refractivity contribution in [2.75, 3.05) is 13.2 Å². The Morgan fingerprint density at radius 1 is 1.30 bits per heavy atom. The van der Waals surface area contributed by atoms with Crippen molar-refractivity contribution < 1.29 is 23.4 Å². The van der Waals surface area contributed by atoms with Gasteiger partial charge in [0.2, 0.25) is 17.7 Å². The van der Waals surface area contributed by atoms with E-state index in [4.69, 9.17) is 25.8 Å². The summed E-state index contributed by atoms with van der Waals surface area (Å²) in [6.45, 7) is 4.48. The summed E-state index contributed by atoms with van der Waals surface area (Å²) in [6.07, 6.45) is 3.23. The molecule has 0 unspecified atom stereocenters. The topological polar surface area (TPSA) is 82.6 Å². The first-order chi connectivity index (χ1) is 14.4. The van der Waals surface area contributed by atoms with Crippen LogP contribution in [0.2, 0.25) is 5.02 Å². The second kappa shape index (κ2) is 10.5. The molecule has 2 aromatic rings. The number of ether oxygens (including phenoxy) is 3. The Labute approximate surface area is 179 Å². The molecular formula is C21H25ClFN3O4. The van der Waals surface area contributed by atoms with Gasteiger partial charge < -0.3 is 19.5 Å². The summed E-state index contributed by atoms with van der Waals surface area (Å²) in [5.41, 5.74) is 0.667. The van der Waals surface area contributed by atoms with Crippen LogP contribution >= 0.6 is 11.6 Å². The average molecular weight is 438 g/mol. The number of hydrogen-bond acceptors (Lipinski definition) is 6. The summed E-state index contributed by atoms with van der Waals surface area (Å²) in [5.74, 6) is 0.388. The van der Waals surface area contributed by atoms with Gasteiger partial charge >= 0.3 is 0 Å². The Morgan fingerprint density at radius 2 is 2.03 bits per heavy atom. The second-order valence-corrected chi connectivity index (χ2v) is 7.80. The summed E-state index contributed by atoms with van der Waals surface area (Å²) in [6, 6.07) is 6.11. The van der Waals surface area contributed by atoms with Crippen molar-refractivity contribution in [2.24, 2.45) is 5.92 Å². The lowest BCUT2D eigenvalue weighted by Crippen LogP contribution is -2.40. The van der Waals surface area contributed by atoms with Crippen molar-refractivity contribution in [3.63, 3.8) is 0 Å². The van der Waals surface area contributed by atoms with Gasteiger partial charge in [0.25, 0.3) is 0 Å². The Kier molecular flexibility index (Phi) is 7.81. The van der Waals surface area contributed by atoms with E-state index in [1.54, 1.807) is 12.1 Å². The van der Waals surface area contributed by atoms with Crippen LogP contribution < -0.4 is 14.8 Å². The zero-order chi connectivity index (χ0) is 21.5. The summed E-state index contributed by atoms with van der Waals surface area (Å²) < 4.78 is 30.4. The molecule has 0 bridgehead atoms. The van der Waals surface area contributed by atoms with Gasteiger partial charge in [-0.3, -0.25) is 4.79 Å². The molecule has 1 atom stereocenters. The van der Waals surface area contributed by atoms with Crippen LogP contribution in [0.15, 0.2) is 30.6 Å². The van der Waals surface area contributed by atoms with E-state index in [2.05, 4.69) is 15.3 Å². The molecule has 1 saturated carbocycles. The Balaban J connectivity index is 1.41. The third kappa shape index (κ3) is 6.53. The van der Waals surface area contributed by atoms with Crippen LogP contribution in [0.4, 0.5) is 4.39 Å². The van der Waals surface area contributed by atoms with Crippen molar-refractivity contribution >= 4 is 17.5 Å². The molecule has 1 aliphatic carbocycles. The van der Waals surface area contributed by atoms with Gasteiger partial charge in [-0.25, -0.2) is 14.4 Å². The maximum absolute atomic E-state index is 13.3. The molecule has 0 spiro atoms. The van der Waals surface area contributed by atoms with Crippen LogP contribution in [0.3, 0.4) is 0 Å². The minimum Gasteiger partial charge on any atom is -0.476 e. The Morgan fingerprint density at radius 3 is 2.73 bits per heavy atom. The predicted molar refractivity (Wildman–Crippen MR) is 109 cm³/mol. The fourth-order valence-corrected chi connectivity index (χ4v) is 3.34. The Hall–Kier alpha value is -2.45. The van der Waals surface area contributed by atoms with E-state index in [1.165, 1.54) is 25.4 Å². The van der Waals surface area contributed by atoms with Crippen molar-refractivity contribution in [2.45, 2.75) is 45.4 Å². The molecule has 30 heavy (non-hydrogen) atoms. The van der Waals surface area contributed by atoms with Gasteiger partial charge in [0.05, 0.1) is 19.3 Å². The Bertz CT molecular complexity index is 864. The summed E-state index contributed by atoms with van der Waals surface area (Å²) >= 11 is 6.30. The fraction of sp³-hybridized carbons (Fsp3) is 0.476. The molecule has 0 aliphatic heterocycles. The van der Waals surface area contributed by atoms with Crippen LogP contribution in [0.5, 0.6) is 11.8 Å². The van der Waals surface area contributed by atoms with Crippen LogP contribution in [0, 0.1) is 11.7 Å². The van der Waals surface area contributed by atoms with Gasteiger partial charge in [-0.05, 0) is 43.4 Å². The van der Waals surface area contributed by atoms with Crippen molar-refractivity contribution in [3.05, 3.63) is 47.0 Å². The molecule has 0 saturated heterocycles. The highest BCUT2D eigenvalue weighted by atomic mass is 35.5. The standard InChI is InChI=1S/C21H25ClFN3O4/c1-13(26-14(2)27)9-28-18-7-16(8-18)11-30-21-19(22)20(24-12-25-21)29-10-15-4-3-5-17(23)6-15/h3-6,12-13,16,18H,7-11H2,1-2H3,(H,26,27)/t13-,16?,18?/m0/s1. The van der Waals surface area contributed by atoms with Gasteiger partial charge in [-0.15, -0.1) is 0 Å². The largest absolute Gasteiger partial charge is 0.476 e. The first-order valence-corrected chi connectivity index (χ1v) is 10.2. The summed E-state index contributed by atoms with van der Waals surface area (Å²) in [5, 5.41) is 2.98.